The van der Waals surface area contributed by atoms with E-state index in [1.165, 1.54) is 0 Å². The number of alkyl halides is 6. The number of hydrogen-bond donors (Lipinski definition) is 0. The van der Waals surface area contributed by atoms with Gasteiger partial charge in [0.1, 0.15) is 16.5 Å². The summed E-state index contributed by atoms with van der Waals surface area (Å²) in [4.78, 5) is -1.27. The van der Waals surface area contributed by atoms with E-state index in [4.69, 9.17) is 0 Å². The number of hydrogen-bond acceptors (Lipinski definition) is 3. The maximum absolute atomic E-state index is 14.3. The lowest BCUT2D eigenvalue weighted by Crippen LogP contribution is -2.08. The maximum atomic E-state index is 14.3. The van der Waals surface area contributed by atoms with Gasteiger partial charge in [-0.25, -0.2) is 21.9 Å². The Hall–Kier alpha value is -2.96. The van der Waals surface area contributed by atoms with Gasteiger partial charge in [0, 0.05) is 11.8 Å². The van der Waals surface area contributed by atoms with Crippen molar-refractivity contribution in [2.45, 2.75) is 17.2 Å². The summed E-state index contributed by atoms with van der Waals surface area (Å²) >= 11 is 0. The minimum atomic E-state index is -4.98. The lowest BCUT2D eigenvalue weighted by atomic mass is 10.1. The molecule has 1 heterocycles. The van der Waals surface area contributed by atoms with E-state index in [9.17, 15) is 43.5 Å². The number of benzene rings is 2. The first-order valence-electron chi connectivity index (χ1n) is 8.13. The highest BCUT2D eigenvalue weighted by molar-refractivity contribution is 7.90. The van der Waals surface area contributed by atoms with Gasteiger partial charge in [-0.1, -0.05) is 0 Å². The molecule has 1 aromatic heterocycles. The normalized spacial score (nSPS) is 12.9. The fourth-order valence-electron chi connectivity index (χ4n) is 2.78. The first-order chi connectivity index (χ1) is 14.1. The minimum Gasteiger partial charge on any atom is -0.233 e. The molecule has 0 saturated heterocycles. The van der Waals surface area contributed by atoms with Crippen molar-refractivity contribution in [1.82, 2.24) is 9.78 Å². The SMILES string of the molecule is CS(=O)(=O)c1c(F)cc(-c2cc(C(F)(F)F)nn2-c2ccc(C(F)(F)F)cc2)cc1F. The highest BCUT2D eigenvalue weighted by Crippen LogP contribution is 2.35. The topological polar surface area (TPSA) is 52.0 Å². The van der Waals surface area contributed by atoms with Crippen molar-refractivity contribution in [2.24, 2.45) is 0 Å². The van der Waals surface area contributed by atoms with Crippen molar-refractivity contribution in [2.75, 3.05) is 6.26 Å². The third-order valence-electron chi connectivity index (χ3n) is 4.10. The number of sulfone groups is 1. The van der Waals surface area contributed by atoms with E-state index in [1.54, 1.807) is 0 Å². The van der Waals surface area contributed by atoms with Gasteiger partial charge in [0.15, 0.2) is 15.5 Å². The third kappa shape index (κ3) is 4.55. The van der Waals surface area contributed by atoms with Gasteiger partial charge in [-0.05, 0) is 42.5 Å². The van der Waals surface area contributed by atoms with Crippen molar-refractivity contribution in [1.29, 1.82) is 0 Å². The molecular formula is C18H10F8N2O2S. The molecule has 0 fully saturated rings. The fraction of sp³-hybridized carbons (Fsp3) is 0.167. The summed E-state index contributed by atoms with van der Waals surface area (Å²) in [7, 11) is -4.32. The molecule has 0 amide bonds. The van der Waals surface area contributed by atoms with Crippen molar-refractivity contribution < 1.29 is 43.5 Å². The molecule has 13 heteroatoms. The standard InChI is InChI=1S/C18H10F8N2O2S/c1-31(29,30)16-12(19)6-9(7-13(16)20)14-8-15(18(24,25)26)27-28(14)11-4-2-10(3-5-11)17(21,22)23/h2-8H,1H3. The monoisotopic (exact) mass is 470 g/mol. The molecule has 166 valence electrons. The van der Waals surface area contributed by atoms with Gasteiger partial charge in [0.2, 0.25) is 0 Å². The first kappa shape index (κ1) is 22.7. The Morgan fingerprint density at radius 1 is 0.839 bits per heavy atom. The Labute approximate surface area is 169 Å². The fourth-order valence-corrected chi connectivity index (χ4v) is 3.60. The van der Waals surface area contributed by atoms with Crippen molar-refractivity contribution in [3.8, 4) is 16.9 Å². The molecule has 0 aliphatic rings. The average molecular weight is 470 g/mol. The van der Waals surface area contributed by atoms with E-state index in [0.29, 0.717) is 41.3 Å². The Kier molecular flexibility index (Phi) is 5.37. The predicted molar refractivity (Wildman–Crippen MR) is 92.0 cm³/mol. The van der Waals surface area contributed by atoms with Crippen LogP contribution in [0.3, 0.4) is 0 Å². The quantitative estimate of drug-likeness (QED) is 0.491. The van der Waals surface area contributed by atoms with Crippen LogP contribution in [0.4, 0.5) is 35.1 Å². The molecule has 0 radical (unpaired) electrons. The second-order valence-corrected chi connectivity index (χ2v) is 8.36. The molecule has 0 saturated carbocycles. The molecule has 3 rings (SSSR count). The number of halogens is 8. The minimum absolute atomic E-state index is 0.258. The molecule has 0 unspecified atom stereocenters. The van der Waals surface area contributed by atoms with Gasteiger partial charge in [-0.3, -0.25) is 0 Å². The van der Waals surface area contributed by atoms with Crippen LogP contribution in [0.2, 0.25) is 0 Å². The molecule has 0 atom stereocenters. The largest absolute Gasteiger partial charge is 0.435 e. The smallest absolute Gasteiger partial charge is 0.233 e. The summed E-state index contributed by atoms with van der Waals surface area (Å²) in [6.07, 6.45) is -9.13. The van der Waals surface area contributed by atoms with Gasteiger partial charge in [-0.2, -0.15) is 31.4 Å². The summed E-state index contributed by atoms with van der Waals surface area (Å²) in [6.45, 7) is 0. The summed E-state index contributed by atoms with van der Waals surface area (Å²) in [5, 5.41) is 3.30. The molecule has 31 heavy (non-hydrogen) atoms. The number of aromatic nitrogens is 2. The highest BCUT2D eigenvalue weighted by atomic mass is 32.2. The maximum Gasteiger partial charge on any atom is 0.435 e. The summed E-state index contributed by atoms with van der Waals surface area (Å²) in [6, 6.07) is 4.29. The van der Waals surface area contributed by atoms with Crippen molar-refractivity contribution >= 4 is 9.84 Å². The van der Waals surface area contributed by atoms with E-state index < -0.39 is 61.2 Å². The molecule has 4 nitrogen and oxygen atoms in total. The lowest BCUT2D eigenvalue weighted by molar-refractivity contribution is -0.141. The van der Waals surface area contributed by atoms with E-state index in [1.807, 2.05) is 0 Å². The van der Waals surface area contributed by atoms with Crippen molar-refractivity contribution in [3.63, 3.8) is 0 Å². The summed E-state index contributed by atoms with van der Waals surface area (Å²) in [5.41, 5.74) is -3.84. The van der Waals surface area contributed by atoms with Crippen LogP contribution in [0.25, 0.3) is 16.9 Å². The third-order valence-corrected chi connectivity index (χ3v) is 5.24. The van der Waals surface area contributed by atoms with Gasteiger partial charge in [0.25, 0.3) is 0 Å². The predicted octanol–water partition coefficient (Wildman–Crippen LogP) is 5.26. The van der Waals surface area contributed by atoms with Gasteiger partial charge in [0.05, 0.1) is 16.9 Å². The average Bonchev–Trinajstić information content (AvgIpc) is 3.05. The molecule has 2 aromatic carbocycles. The molecule has 0 bridgehead atoms. The molecular weight excluding hydrogens is 460 g/mol. The first-order valence-corrected chi connectivity index (χ1v) is 10.0. The molecule has 3 aromatic rings. The Balaban J connectivity index is 2.23. The zero-order valence-electron chi connectivity index (χ0n) is 15.2. The van der Waals surface area contributed by atoms with Crippen LogP contribution in [-0.2, 0) is 22.2 Å². The van der Waals surface area contributed by atoms with Crippen LogP contribution >= 0.6 is 0 Å². The van der Waals surface area contributed by atoms with Crippen LogP contribution in [0.5, 0.6) is 0 Å². The van der Waals surface area contributed by atoms with E-state index in [2.05, 4.69) is 5.10 Å². The molecule has 0 aliphatic carbocycles. The van der Waals surface area contributed by atoms with Crippen LogP contribution in [0.15, 0.2) is 47.4 Å². The highest BCUT2D eigenvalue weighted by Gasteiger charge is 2.36. The van der Waals surface area contributed by atoms with E-state index >= 15 is 0 Å². The summed E-state index contributed by atoms with van der Waals surface area (Å²) < 4.78 is 130. The van der Waals surface area contributed by atoms with Crippen LogP contribution in [0.1, 0.15) is 11.3 Å². The Morgan fingerprint density at radius 2 is 1.35 bits per heavy atom. The number of nitrogens with zero attached hydrogens (tertiary/aromatic N) is 2. The molecule has 0 spiro atoms. The van der Waals surface area contributed by atoms with Crippen LogP contribution in [-0.4, -0.2) is 24.5 Å². The van der Waals surface area contributed by atoms with Crippen LogP contribution in [0, 0.1) is 11.6 Å². The Morgan fingerprint density at radius 3 is 1.77 bits per heavy atom. The van der Waals surface area contributed by atoms with Gasteiger partial charge < -0.3 is 0 Å². The number of rotatable bonds is 3. The lowest BCUT2D eigenvalue weighted by Gasteiger charge is -2.11. The zero-order valence-corrected chi connectivity index (χ0v) is 16.0. The molecule has 0 N–H and O–H groups in total. The van der Waals surface area contributed by atoms with E-state index in [-0.39, 0.29) is 5.69 Å². The summed E-state index contributed by atoms with van der Waals surface area (Å²) in [5.74, 6) is -3.10. The second kappa shape index (κ2) is 7.32. The molecule has 0 aliphatic heterocycles. The Bertz CT molecular complexity index is 1220. The van der Waals surface area contributed by atoms with Crippen LogP contribution < -0.4 is 0 Å². The van der Waals surface area contributed by atoms with Gasteiger partial charge >= 0.3 is 12.4 Å². The zero-order chi connectivity index (χ0) is 23.4. The second-order valence-electron chi connectivity index (χ2n) is 6.41. The van der Waals surface area contributed by atoms with Gasteiger partial charge in [-0.15, -0.1) is 0 Å². The van der Waals surface area contributed by atoms with E-state index in [0.717, 1.165) is 12.1 Å². The van der Waals surface area contributed by atoms with Crippen molar-refractivity contribution in [3.05, 3.63) is 65.4 Å².